The number of aromatic nitrogens is 1. The summed E-state index contributed by atoms with van der Waals surface area (Å²) in [6.07, 6.45) is 1.85. The predicted molar refractivity (Wildman–Crippen MR) is 72.6 cm³/mol. The molecule has 1 aromatic rings. The zero-order chi connectivity index (χ0) is 13.2. The van der Waals surface area contributed by atoms with Crippen molar-refractivity contribution in [2.45, 2.75) is 13.5 Å². The lowest BCUT2D eigenvalue weighted by Crippen LogP contribution is -2.41. The Balaban J connectivity index is 2.14. The van der Waals surface area contributed by atoms with E-state index in [1.807, 2.05) is 20.2 Å². The van der Waals surface area contributed by atoms with E-state index in [2.05, 4.69) is 21.3 Å². The zero-order valence-corrected chi connectivity index (χ0v) is 11.6. The Morgan fingerprint density at radius 1 is 1.39 bits per heavy atom. The summed E-state index contributed by atoms with van der Waals surface area (Å²) in [5.74, 6) is 1.36. The number of nitrogens with zero attached hydrogens (tertiary/aromatic N) is 2. The molecule has 1 aromatic heterocycles. The van der Waals surface area contributed by atoms with E-state index in [0.29, 0.717) is 13.1 Å². The standard InChI is InChI=1S/C12H19N3O2S/c1-10-7-11(8-13-2)9-14-12(10)15-3-5-18(16,17)6-4-15/h7,9,13H,3-6,8H2,1-2H3. The zero-order valence-electron chi connectivity index (χ0n) is 10.8. The number of anilines is 1. The van der Waals surface area contributed by atoms with Crippen molar-refractivity contribution in [3.63, 3.8) is 0 Å². The second-order valence-electron chi connectivity index (χ2n) is 4.65. The molecule has 100 valence electrons. The first-order valence-corrected chi connectivity index (χ1v) is 7.89. The molecule has 1 saturated heterocycles. The summed E-state index contributed by atoms with van der Waals surface area (Å²) in [7, 11) is -0.931. The van der Waals surface area contributed by atoms with Crippen LogP contribution in [0.5, 0.6) is 0 Å². The van der Waals surface area contributed by atoms with Gasteiger partial charge in [-0.3, -0.25) is 0 Å². The highest BCUT2D eigenvalue weighted by Crippen LogP contribution is 2.20. The van der Waals surface area contributed by atoms with Crippen LogP contribution in [0.2, 0.25) is 0 Å². The molecule has 0 amide bonds. The van der Waals surface area contributed by atoms with Gasteiger partial charge in [0.15, 0.2) is 9.84 Å². The molecule has 6 heteroatoms. The summed E-state index contributed by atoms with van der Waals surface area (Å²) >= 11 is 0. The van der Waals surface area contributed by atoms with Gasteiger partial charge < -0.3 is 10.2 Å². The number of hydrogen-bond acceptors (Lipinski definition) is 5. The smallest absolute Gasteiger partial charge is 0.153 e. The van der Waals surface area contributed by atoms with E-state index in [1.54, 1.807) is 0 Å². The number of nitrogens with one attached hydrogen (secondary N) is 1. The molecule has 1 N–H and O–H groups in total. The van der Waals surface area contributed by atoms with Crippen molar-refractivity contribution in [1.82, 2.24) is 10.3 Å². The topological polar surface area (TPSA) is 62.3 Å². The molecule has 1 fully saturated rings. The van der Waals surface area contributed by atoms with Crippen LogP contribution < -0.4 is 10.2 Å². The van der Waals surface area contributed by atoms with Gasteiger partial charge in [0.1, 0.15) is 5.82 Å². The van der Waals surface area contributed by atoms with Crippen LogP contribution in [0.15, 0.2) is 12.3 Å². The van der Waals surface area contributed by atoms with E-state index in [-0.39, 0.29) is 11.5 Å². The summed E-state index contributed by atoms with van der Waals surface area (Å²) in [5, 5.41) is 3.09. The fourth-order valence-corrected chi connectivity index (χ4v) is 3.38. The van der Waals surface area contributed by atoms with Crippen molar-refractivity contribution in [2.24, 2.45) is 0 Å². The first kappa shape index (κ1) is 13.3. The lowest BCUT2D eigenvalue weighted by Gasteiger charge is -2.29. The molecule has 5 nitrogen and oxygen atoms in total. The summed E-state index contributed by atoms with van der Waals surface area (Å²) < 4.78 is 22.8. The van der Waals surface area contributed by atoms with Crippen molar-refractivity contribution < 1.29 is 8.42 Å². The van der Waals surface area contributed by atoms with Crippen LogP contribution in [0, 0.1) is 6.92 Å². The van der Waals surface area contributed by atoms with Crippen LogP contribution >= 0.6 is 0 Å². The van der Waals surface area contributed by atoms with E-state index in [1.165, 1.54) is 0 Å². The van der Waals surface area contributed by atoms with Gasteiger partial charge >= 0.3 is 0 Å². The van der Waals surface area contributed by atoms with Gasteiger partial charge in [0.2, 0.25) is 0 Å². The molecule has 0 saturated carbocycles. The van der Waals surface area contributed by atoms with E-state index in [0.717, 1.165) is 23.5 Å². The second-order valence-corrected chi connectivity index (χ2v) is 6.96. The monoisotopic (exact) mass is 269 g/mol. The summed E-state index contributed by atoms with van der Waals surface area (Å²) in [6, 6.07) is 2.10. The molecule has 2 heterocycles. The lowest BCUT2D eigenvalue weighted by molar-refractivity contribution is 0.586. The number of sulfone groups is 1. The Kier molecular flexibility index (Phi) is 3.87. The third kappa shape index (κ3) is 3.00. The average molecular weight is 269 g/mol. The minimum atomic E-state index is -2.83. The minimum absolute atomic E-state index is 0.229. The summed E-state index contributed by atoms with van der Waals surface area (Å²) in [6.45, 7) is 3.90. The molecule has 18 heavy (non-hydrogen) atoms. The quantitative estimate of drug-likeness (QED) is 0.857. The van der Waals surface area contributed by atoms with Crippen LogP contribution in [0.3, 0.4) is 0 Å². The van der Waals surface area contributed by atoms with Crippen molar-refractivity contribution >= 4 is 15.7 Å². The van der Waals surface area contributed by atoms with Crippen molar-refractivity contribution in [1.29, 1.82) is 0 Å². The molecule has 0 radical (unpaired) electrons. The van der Waals surface area contributed by atoms with Gasteiger partial charge in [0, 0.05) is 25.8 Å². The van der Waals surface area contributed by atoms with Crippen LogP contribution in [0.4, 0.5) is 5.82 Å². The van der Waals surface area contributed by atoms with Crippen LogP contribution in [0.1, 0.15) is 11.1 Å². The highest BCUT2D eigenvalue weighted by Gasteiger charge is 2.23. The third-order valence-electron chi connectivity index (χ3n) is 3.13. The number of hydrogen-bond donors (Lipinski definition) is 1. The normalized spacial score (nSPS) is 18.9. The maximum atomic E-state index is 11.4. The molecule has 0 bridgehead atoms. The second kappa shape index (κ2) is 5.24. The third-order valence-corrected chi connectivity index (χ3v) is 4.74. The molecule has 0 aromatic carbocycles. The Labute approximate surface area is 108 Å². The molecule has 2 rings (SSSR count). The maximum absolute atomic E-state index is 11.4. The fraction of sp³-hybridized carbons (Fsp3) is 0.583. The first-order chi connectivity index (χ1) is 8.52. The van der Waals surface area contributed by atoms with Gasteiger partial charge in [-0.15, -0.1) is 0 Å². The number of aryl methyl sites for hydroxylation is 1. The largest absolute Gasteiger partial charge is 0.354 e. The summed E-state index contributed by atoms with van der Waals surface area (Å²) in [5.41, 5.74) is 2.24. The van der Waals surface area contributed by atoms with Gasteiger partial charge in [-0.2, -0.15) is 0 Å². The summed E-state index contributed by atoms with van der Waals surface area (Å²) in [4.78, 5) is 6.51. The van der Waals surface area contributed by atoms with E-state index in [9.17, 15) is 8.42 Å². The average Bonchev–Trinajstić information content (AvgIpc) is 2.31. The molecule has 0 unspecified atom stereocenters. The molecule has 0 atom stereocenters. The van der Waals surface area contributed by atoms with E-state index < -0.39 is 9.84 Å². The Morgan fingerprint density at radius 2 is 2.06 bits per heavy atom. The maximum Gasteiger partial charge on any atom is 0.153 e. The predicted octanol–water partition coefficient (Wildman–Crippen LogP) is 0.344. The Morgan fingerprint density at radius 3 is 2.61 bits per heavy atom. The van der Waals surface area contributed by atoms with Gasteiger partial charge in [-0.05, 0) is 31.2 Å². The minimum Gasteiger partial charge on any atom is -0.354 e. The molecule has 0 aliphatic carbocycles. The first-order valence-electron chi connectivity index (χ1n) is 6.07. The van der Waals surface area contributed by atoms with Crippen molar-refractivity contribution in [3.05, 3.63) is 23.4 Å². The molecule has 0 spiro atoms. The van der Waals surface area contributed by atoms with Gasteiger partial charge in [0.05, 0.1) is 11.5 Å². The molecule has 1 aliphatic heterocycles. The van der Waals surface area contributed by atoms with Gasteiger partial charge in [0.25, 0.3) is 0 Å². The number of pyridine rings is 1. The molecule has 1 aliphatic rings. The lowest BCUT2D eigenvalue weighted by atomic mass is 10.2. The van der Waals surface area contributed by atoms with Crippen LogP contribution in [0.25, 0.3) is 0 Å². The number of rotatable bonds is 3. The van der Waals surface area contributed by atoms with E-state index in [4.69, 9.17) is 0 Å². The Hall–Kier alpha value is -1.14. The van der Waals surface area contributed by atoms with Crippen LogP contribution in [-0.2, 0) is 16.4 Å². The Bertz CT molecular complexity index is 514. The van der Waals surface area contributed by atoms with Crippen molar-refractivity contribution in [3.8, 4) is 0 Å². The fourth-order valence-electron chi connectivity index (χ4n) is 2.18. The van der Waals surface area contributed by atoms with Crippen molar-refractivity contribution in [2.75, 3.05) is 36.5 Å². The SMILES string of the molecule is CNCc1cnc(N2CCS(=O)(=O)CC2)c(C)c1. The molecular formula is C12H19N3O2S. The highest BCUT2D eigenvalue weighted by molar-refractivity contribution is 7.91. The van der Waals surface area contributed by atoms with Crippen LogP contribution in [-0.4, -0.2) is 45.0 Å². The highest BCUT2D eigenvalue weighted by atomic mass is 32.2. The van der Waals surface area contributed by atoms with Gasteiger partial charge in [-0.1, -0.05) is 0 Å². The van der Waals surface area contributed by atoms with Gasteiger partial charge in [-0.25, -0.2) is 13.4 Å². The molecular weight excluding hydrogens is 250 g/mol. The van der Waals surface area contributed by atoms with E-state index >= 15 is 0 Å².